The second-order valence-electron chi connectivity index (χ2n) is 4.52. The van der Waals surface area contributed by atoms with E-state index in [2.05, 4.69) is 15.5 Å². The molecular weight excluding hydrogens is 204 g/mol. The smallest absolute Gasteiger partial charge is 0.317 e. The molecule has 5 heteroatoms. The largest absolute Gasteiger partial charge is 0.336 e. The van der Waals surface area contributed by atoms with Crippen LogP contribution in [0.4, 0.5) is 4.79 Å². The van der Waals surface area contributed by atoms with Crippen molar-refractivity contribution in [1.82, 2.24) is 20.4 Å². The molecule has 0 aromatic heterocycles. The lowest BCUT2D eigenvalue weighted by atomic mass is 10.4. The topological polar surface area (TPSA) is 47.6 Å². The fourth-order valence-corrected chi connectivity index (χ4v) is 2.31. The molecule has 2 fully saturated rings. The minimum absolute atomic E-state index is 0.0846. The van der Waals surface area contributed by atoms with Gasteiger partial charge >= 0.3 is 6.03 Å². The van der Waals surface area contributed by atoms with Crippen LogP contribution in [0.25, 0.3) is 0 Å². The fraction of sp³-hybridized carbons (Fsp3) is 0.909. The van der Waals surface area contributed by atoms with Gasteiger partial charge in [0, 0.05) is 39.3 Å². The lowest BCUT2D eigenvalue weighted by molar-refractivity contribution is 0.217. The van der Waals surface area contributed by atoms with E-state index in [4.69, 9.17) is 0 Å². The van der Waals surface area contributed by atoms with Crippen molar-refractivity contribution in [3.63, 3.8) is 0 Å². The average molecular weight is 226 g/mol. The van der Waals surface area contributed by atoms with Crippen molar-refractivity contribution >= 4 is 6.03 Å². The van der Waals surface area contributed by atoms with Crippen molar-refractivity contribution in [3.05, 3.63) is 0 Å². The van der Waals surface area contributed by atoms with Gasteiger partial charge in [-0.2, -0.15) is 0 Å². The molecule has 2 rings (SSSR count). The molecule has 0 unspecified atom stereocenters. The van der Waals surface area contributed by atoms with Gasteiger partial charge in [0.15, 0.2) is 0 Å². The highest BCUT2D eigenvalue weighted by atomic mass is 16.2. The van der Waals surface area contributed by atoms with Crippen molar-refractivity contribution in [2.24, 2.45) is 0 Å². The Bertz CT molecular complexity index is 228. The summed E-state index contributed by atoms with van der Waals surface area (Å²) < 4.78 is 0. The van der Waals surface area contributed by atoms with Gasteiger partial charge in [-0.15, -0.1) is 0 Å². The minimum Gasteiger partial charge on any atom is -0.336 e. The van der Waals surface area contributed by atoms with Crippen molar-refractivity contribution in [3.8, 4) is 0 Å². The van der Waals surface area contributed by atoms with Gasteiger partial charge in [-0.05, 0) is 25.9 Å². The number of likely N-dealkylation sites (tertiary alicyclic amines) is 1. The molecule has 0 atom stereocenters. The summed E-state index contributed by atoms with van der Waals surface area (Å²) in [4.78, 5) is 15.6. The molecule has 0 bridgehead atoms. The van der Waals surface area contributed by atoms with E-state index in [1.807, 2.05) is 4.90 Å². The third-order valence-electron chi connectivity index (χ3n) is 3.31. The highest BCUT2D eigenvalue weighted by Gasteiger charge is 2.18. The predicted octanol–water partition coefficient (Wildman–Crippen LogP) is -0.303. The number of nitrogens with zero attached hydrogens (tertiary/aromatic N) is 2. The first-order valence-corrected chi connectivity index (χ1v) is 6.32. The summed E-state index contributed by atoms with van der Waals surface area (Å²) in [7, 11) is 0. The number of urea groups is 1. The van der Waals surface area contributed by atoms with Crippen LogP contribution in [0.2, 0.25) is 0 Å². The van der Waals surface area contributed by atoms with E-state index >= 15 is 0 Å². The van der Waals surface area contributed by atoms with Crippen LogP contribution in [0.15, 0.2) is 0 Å². The van der Waals surface area contributed by atoms with Crippen molar-refractivity contribution in [2.45, 2.75) is 12.8 Å². The number of carbonyl (C=O) groups is 1. The van der Waals surface area contributed by atoms with Crippen LogP contribution in [0, 0.1) is 0 Å². The maximum absolute atomic E-state index is 11.2. The van der Waals surface area contributed by atoms with Crippen LogP contribution in [0.5, 0.6) is 0 Å². The Hall–Kier alpha value is -0.810. The van der Waals surface area contributed by atoms with E-state index in [0.717, 1.165) is 39.3 Å². The van der Waals surface area contributed by atoms with Gasteiger partial charge < -0.3 is 20.4 Å². The van der Waals surface area contributed by atoms with Crippen LogP contribution in [0.1, 0.15) is 12.8 Å². The quantitative estimate of drug-likeness (QED) is 0.611. The molecule has 92 valence electrons. The van der Waals surface area contributed by atoms with Crippen molar-refractivity contribution < 1.29 is 4.79 Å². The molecule has 2 N–H and O–H groups in total. The lowest BCUT2D eigenvalue weighted by Crippen LogP contribution is -2.37. The number of hydrogen-bond acceptors (Lipinski definition) is 3. The van der Waals surface area contributed by atoms with E-state index in [9.17, 15) is 4.79 Å². The summed E-state index contributed by atoms with van der Waals surface area (Å²) in [5, 5.41) is 6.20. The van der Waals surface area contributed by atoms with Crippen LogP contribution in [-0.2, 0) is 0 Å². The third-order valence-corrected chi connectivity index (χ3v) is 3.31. The second kappa shape index (κ2) is 6.06. The first-order chi connectivity index (χ1) is 7.86. The highest BCUT2D eigenvalue weighted by Crippen LogP contribution is 2.05. The molecule has 2 aliphatic heterocycles. The number of rotatable bonds is 6. The van der Waals surface area contributed by atoms with Gasteiger partial charge in [-0.1, -0.05) is 0 Å². The van der Waals surface area contributed by atoms with Gasteiger partial charge in [0.1, 0.15) is 0 Å². The Morgan fingerprint density at radius 2 is 1.88 bits per heavy atom. The molecule has 2 amide bonds. The van der Waals surface area contributed by atoms with E-state index < -0.39 is 0 Å². The van der Waals surface area contributed by atoms with Gasteiger partial charge in [0.25, 0.3) is 0 Å². The summed E-state index contributed by atoms with van der Waals surface area (Å²) in [6.45, 7) is 8.08. The number of amides is 2. The van der Waals surface area contributed by atoms with Gasteiger partial charge in [-0.3, -0.25) is 0 Å². The normalized spacial score (nSPS) is 21.8. The summed E-state index contributed by atoms with van der Waals surface area (Å²) in [6.07, 6.45) is 2.71. The van der Waals surface area contributed by atoms with Crippen LogP contribution in [0.3, 0.4) is 0 Å². The lowest BCUT2D eigenvalue weighted by Gasteiger charge is -2.17. The number of carbonyl (C=O) groups excluding carboxylic acids is 1. The van der Waals surface area contributed by atoms with Crippen molar-refractivity contribution in [1.29, 1.82) is 0 Å². The Balaban J connectivity index is 1.47. The van der Waals surface area contributed by atoms with Crippen LogP contribution < -0.4 is 10.6 Å². The van der Waals surface area contributed by atoms with E-state index in [1.165, 1.54) is 25.9 Å². The molecule has 2 heterocycles. The molecule has 0 spiro atoms. The van der Waals surface area contributed by atoms with Gasteiger partial charge in [0.2, 0.25) is 0 Å². The minimum atomic E-state index is 0.0846. The SMILES string of the molecule is O=C1NCCN1CCNCCN1CCCC1. The Morgan fingerprint density at radius 3 is 2.56 bits per heavy atom. The molecule has 0 radical (unpaired) electrons. The molecule has 0 saturated carbocycles. The maximum atomic E-state index is 11.2. The summed E-state index contributed by atoms with van der Waals surface area (Å²) >= 11 is 0. The molecule has 0 aliphatic carbocycles. The Kier molecular flexibility index (Phi) is 4.42. The Morgan fingerprint density at radius 1 is 1.12 bits per heavy atom. The monoisotopic (exact) mass is 226 g/mol. The molecule has 0 aromatic carbocycles. The van der Waals surface area contributed by atoms with Crippen LogP contribution in [-0.4, -0.2) is 68.2 Å². The fourth-order valence-electron chi connectivity index (χ4n) is 2.31. The van der Waals surface area contributed by atoms with E-state index in [0.29, 0.717) is 0 Å². The zero-order chi connectivity index (χ0) is 11.2. The van der Waals surface area contributed by atoms with E-state index in [-0.39, 0.29) is 6.03 Å². The first-order valence-electron chi connectivity index (χ1n) is 6.32. The predicted molar refractivity (Wildman–Crippen MR) is 63.5 cm³/mol. The number of nitrogens with one attached hydrogen (secondary N) is 2. The Labute approximate surface area is 97.2 Å². The van der Waals surface area contributed by atoms with Crippen molar-refractivity contribution in [2.75, 3.05) is 52.4 Å². The molecule has 2 saturated heterocycles. The molecule has 5 nitrogen and oxygen atoms in total. The average Bonchev–Trinajstić information content (AvgIpc) is 2.90. The van der Waals surface area contributed by atoms with Crippen LogP contribution >= 0.6 is 0 Å². The molecule has 2 aliphatic rings. The molecule has 0 aromatic rings. The standard InChI is InChI=1S/C11H22N4O/c16-11-13-5-10-15(11)9-4-12-3-8-14-6-1-2-7-14/h12H,1-10H2,(H,13,16). The zero-order valence-electron chi connectivity index (χ0n) is 9.87. The summed E-state index contributed by atoms with van der Waals surface area (Å²) in [6, 6.07) is 0.0846. The molecular formula is C11H22N4O. The second-order valence-corrected chi connectivity index (χ2v) is 4.52. The summed E-state index contributed by atoms with van der Waals surface area (Å²) in [5.74, 6) is 0. The highest BCUT2D eigenvalue weighted by molar-refractivity contribution is 5.76. The first kappa shape index (κ1) is 11.7. The summed E-state index contributed by atoms with van der Waals surface area (Å²) in [5.41, 5.74) is 0. The number of hydrogen-bond donors (Lipinski definition) is 2. The molecule has 16 heavy (non-hydrogen) atoms. The third kappa shape index (κ3) is 3.35. The maximum Gasteiger partial charge on any atom is 0.317 e. The van der Waals surface area contributed by atoms with Gasteiger partial charge in [-0.25, -0.2) is 4.79 Å². The zero-order valence-corrected chi connectivity index (χ0v) is 9.87. The van der Waals surface area contributed by atoms with Gasteiger partial charge in [0.05, 0.1) is 0 Å². The van der Waals surface area contributed by atoms with E-state index in [1.54, 1.807) is 0 Å².